The molecular weight excluding hydrogens is 408 g/mol. The fourth-order valence-electron chi connectivity index (χ4n) is 3.69. The molecule has 1 aromatic heterocycles. The van der Waals surface area contributed by atoms with Crippen molar-refractivity contribution < 1.29 is 24.2 Å². The molecule has 0 radical (unpaired) electrons. The van der Waals surface area contributed by atoms with Crippen LogP contribution < -0.4 is 9.47 Å². The monoisotopic (exact) mass is 430 g/mol. The highest BCUT2D eigenvalue weighted by molar-refractivity contribution is 6.32. The summed E-state index contributed by atoms with van der Waals surface area (Å²) in [6.45, 7) is 4.67. The van der Waals surface area contributed by atoms with Crippen LogP contribution >= 0.6 is 11.6 Å². The van der Waals surface area contributed by atoms with E-state index in [0.717, 1.165) is 42.1 Å². The molecule has 0 spiro atoms. The van der Waals surface area contributed by atoms with Crippen molar-refractivity contribution in [3.05, 3.63) is 52.2 Å². The fraction of sp³-hybridized carbons (Fsp3) is 0.318. The summed E-state index contributed by atoms with van der Waals surface area (Å²) in [4.78, 5) is 2.28. The van der Waals surface area contributed by atoms with Gasteiger partial charge in [-0.15, -0.1) is 0 Å². The van der Waals surface area contributed by atoms with Crippen LogP contribution in [0.1, 0.15) is 23.7 Å². The fourth-order valence-corrected chi connectivity index (χ4v) is 3.86. The van der Waals surface area contributed by atoms with E-state index in [1.165, 1.54) is 12.1 Å². The maximum atomic E-state index is 10.3. The molecule has 0 atom stereocenters. The minimum atomic E-state index is -0.183. The van der Waals surface area contributed by atoms with E-state index in [4.69, 9.17) is 25.6 Å². The number of hydrogen-bond donors (Lipinski definition) is 2. The van der Waals surface area contributed by atoms with Crippen molar-refractivity contribution in [3.8, 4) is 34.3 Å². The molecule has 0 saturated carbocycles. The van der Waals surface area contributed by atoms with Crippen LogP contribution in [0.4, 0.5) is 0 Å². The summed E-state index contributed by atoms with van der Waals surface area (Å²) >= 11 is 6.03. The first-order valence-corrected chi connectivity index (χ1v) is 10.1. The lowest BCUT2D eigenvalue weighted by Crippen LogP contribution is -2.30. The second-order valence-corrected chi connectivity index (χ2v) is 7.54. The molecule has 3 aromatic rings. The third-order valence-corrected chi connectivity index (χ3v) is 5.46. The van der Waals surface area contributed by atoms with E-state index in [2.05, 4.69) is 10.1 Å². The van der Waals surface area contributed by atoms with Crippen LogP contribution in [0, 0.1) is 0 Å². The average molecular weight is 431 g/mol. The first-order chi connectivity index (χ1) is 14.5. The van der Waals surface area contributed by atoms with Crippen molar-refractivity contribution in [2.24, 2.45) is 0 Å². The Morgan fingerprint density at radius 3 is 2.77 bits per heavy atom. The Morgan fingerprint density at radius 2 is 2.00 bits per heavy atom. The molecule has 158 valence electrons. The number of halogens is 1. The van der Waals surface area contributed by atoms with Crippen molar-refractivity contribution in [2.75, 3.05) is 20.3 Å². The second kappa shape index (κ2) is 8.45. The smallest absolute Gasteiger partial charge is 0.175 e. The minimum Gasteiger partial charge on any atom is -0.507 e. The van der Waals surface area contributed by atoms with Gasteiger partial charge in [-0.1, -0.05) is 22.8 Å². The zero-order chi connectivity index (χ0) is 21.3. The number of methoxy groups -OCH3 is 1. The van der Waals surface area contributed by atoms with Gasteiger partial charge in [-0.25, -0.2) is 0 Å². The van der Waals surface area contributed by atoms with Gasteiger partial charge < -0.3 is 24.2 Å². The molecule has 0 bridgehead atoms. The van der Waals surface area contributed by atoms with Gasteiger partial charge >= 0.3 is 0 Å². The summed E-state index contributed by atoms with van der Waals surface area (Å²) in [5, 5.41) is 24.3. The highest BCUT2D eigenvalue weighted by Gasteiger charge is 2.27. The van der Waals surface area contributed by atoms with Crippen LogP contribution in [-0.4, -0.2) is 40.5 Å². The van der Waals surface area contributed by atoms with Crippen molar-refractivity contribution in [2.45, 2.75) is 26.4 Å². The van der Waals surface area contributed by atoms with Crippen LogP contribution in [0.15, 0.2) is 34.9 Å². The predicted molar refractivity (Wildman–Crippen MR) is 112 cm³/mol. The Kier molecular flexibility index (Phi) is 5.74. The number of rotatable bonds is 6. The Balaban J connectivity index is 1.58. The molecule has 30 heavy (non-hydrogen) atoms. The normalized spacial score (nSPS) is 13.8. The summed E-state index contributed by atoms with van der Waals surface area (Å²) in [5.74, 6) is 1.62. The summed E-state index contributed by atoms with van der Waals surface area (Å²) in [6, 6.07) is 8.63. The average Bonchev–Trinajstić information content (AvgIpc) is 3.14. The lowest BCUT2D eigenvalue weighted by molar-refractivity contribution is 0.244. The molecule has 7 nitrogen and oxygen atoms in total. The summed E-state index contributed by atoms with van der Waals surface area (Å²) in [6.07, 6.45) is 0.736. The molecule has 0 unspecified atom stereocenters. The van der Waals surface area contributed by atoms with Crippen molar-refractivity contribution >= 4 is 11.6 Å². The van der Waals surface area contributed by atoms with Crippen molar-refractivity contribution in [3.63, 3.8) is 0 Å². The van der Waals surface area contributed by atoms with Gasteiger partial charge in [0.1, 0.15) is 11.5 Å². The van der Waals surface area contributed by atoms with Gasteiger partial charge in [0.25, 0.3) is 0 Å². The lowest BCUT2D eigenvalue weighted by Gasteiger charge is -2.26. The third-order valence-electron chi connectivity index (χ3n) is 5.16. The predicted octanol–water partition coefficient (Wildman–Crippen LogP) is 4.37. The van der Waals surface area contributed by atoms with Crippen molar-refractivity contribution in [1.82, 2.24) is 10.1 Å². The summed E-state index contributed by atoms with van der Waals surface area (Å²) in [7, 11) is 1.63. The molecule has 2 N–H and O–H groups in total. The molecule has 8 heteroatoms. The van der Waals surface area contributed by atoms with Gasteiger partial charge in [-0.05, 0) is 30.7 Å². The standard InChI is InChI=1S/C22H23ClN2O5/c1-3-29-21-8-13(4-5-20(21)28-2)11-25-7-6-17-15(12-25)22(30-24-17)14-9-16(23)19(27)10-18(14)26/h4-5,8-10,26-27H,3,6-7,11-12H2,1-2H3. The zero-order valence-electron chi connectivity index (χ0n) is 16.8. The van der Waals surface area contributed by atoms with Crippen LogP contribution in [0.25, 0.3) is 11.3 Å². The summed E-state index contributed by atoms with van der Waals surface area (Å²) < 4.78 is 16.6. The number of benzene rings is 2. The topological polar surface area (TPSA) is 88.2 Å². The number of nitrogens with zero attached hydrogens (tertiary/aromatic N) is 2. The maximum Gasteiger partial charge on any atom is 0.175 e. The number of aromatic hydroxyl groups is 2. The number of hydrogen-bond acceptors (Lipinski definition) is 7. The van der Waals surface area contributed by atoms with Gasteiger partial charge in [-0.3, -0.25) is 4.90 Å². The largest absolute Gasteiger partial charge is 0.507 e. The zero-order valence-corrected chi connectivity index (χ0v) is 17.6. The SMILES string of the molecule is CCOc1cc(CN2CCc3noc(-c4cc(Cl)c(O)cc4O)c3C2)ccc1OC. The van der Waals surface area contributed by atoms with E-state index in [-0.39, 0.29) is 16.5 Å². The van der Waals surface area contributed by atoms with E-state index in [1.54, 1.807) is 7.11 Å². The van der Waals surface area contributed by atoms with Gasteiger partial charge in [0, 0.05) is 37.7 Å². The van der Waals surface area contributed by atoms with E-state index in [1.807, 2.05) is 25.1 Å². The van der Waals surface area contributed by atoms with Crippen LogP contribution in [0.3, 0.4) is 0 Å². The highest BCUT2D eigenvalue weighted by atomic mass is 35.5. The van der Waals surface area contributed by atoms with E-state index in [9.17, 15) is 10.2 Å². The molecule has 0 saturated heterocycles. The van der Waals surface area contributed by atoms with E-state index < -0.39 is 0 Å². The number of ether oxygens (including phenoxy) is 2. The van der Waals surface area contributed by atoms with E-state index >= 15 is 0 Å². The number of fused-ring (bicyclic) bond motifs is 1. The molecule has 0 aliphatic carbocycles. The van der Waals surface area contributed by atoms with Gasteiger partial charge in [0.2, 0.25) is 0 Å². The molecule has 1 aliphatic heterocycles. The highest BCUT2D eigenvalue weighted by Crippen LogP contribution is 2.40. The molecule has 0 fully saturated rings. The molecule has 0 amide bonds. The second-order valence-electron chi connectivity index (χ2n) is 7.14. The number of phenolic OH excluding ortho intramolecular Hbond substituents is 2. The third kappa shape index (κ3) is 3.91. The number of aromatic nitrogens is 1. The summed E-state index contributed by atoms with van der Waals surface area (Å²) in [5.41, 5.74) is 3.30. The van der Waals surface area contributed by atoms with E-state index in [0.29, 0.717) is 30.2 Å². The van der Waals surface area contributed by atoms with Gasteiger partial charge in [0.15, 0.2) is 17.3 Å². The Morgan fingerprint density at radius 1 is 1.17 bits per heavy atom. The Bertz CT molecular complexity index is 1070. The first-order valence-electron chi connectivity index (χ1n) is 9.71. The number of phenols is 2. The molecule has 4 rings (SSSR count). The Labute approximate surface area is 179 Å². The quantitative estimate of drug-likeness (QED) is 0.600. The molecule has 1 aliphatic rings. The lowest BCUT2D eigenvalue weighted by atomic mass is 10.0. The molecule has 2 aromatic carbocycles. The van der Waals surface area contributed by atoms with Crippen LogP contribution in [0.5, 0.6) is 23.0 Å². The van der Waals surface area contributed by atoms with Crippen molar-refractivity contribution in [1.29, 1.82) is 0 Å². The molecule has 2 heterocycles. The van der Waals surface area contributed by atoms with Gasteiger partial charge in [-0.2, -0.15) is 0 Å². The van der Waals surface area contributed by atoms with Gasteiger partial charge in [0.05, 0.1) is 30.0 Å². The Hall–Kier alpha value is -2.90. The van der Waals surface area contributed by atoms with Crippen LogP contribution in [-0.2, 0) is 19.5 Å². The maximum absolute atomic E-state index is 10.3. The molecular formula is C22H23ClN2O5. The minimum absolute atomic E-state index is 0.107. The van der Waals surface area contributed by atoms with Crippen LogP contribution in [0.2, 0.25) is 5.02 Å². The first kappa shape index (κ1) is 20.4.